The van der Waals surface area contributed by atoms with Gasteiger partial charge in [0.25, 0.3) is 0 Å². The summed E-state index contributed by atoms with van der Waals surface area (Å²) >= 11 is 0. The van der Waals surface area contributed by atoms with Gasteiger partial charge in [0, 0.05) is 6.61 Å². The van der Waals surface area contributed by atoms with Gasteiger partial charge in [0.1, 0.15) is 5.75 Å². The van der Waals surface area contributed by atoms with Crippen LogP contribution >= 0.6 is 7.60 Å². The van der Waals surface area contributed by atoms with E-state index in [1.54, 1.807) is 0 Å². The van der Waals surface area contributed by atoms with Gasteiger partial charge in [-0.25, -0.2) is 0 Å². The molecule has 1 aromatic rings. The van der Waals surface area contributed by atoms with Gasteiger partial charge in [-0.2, -0.15) is 0 Å². The molecule has 0 bridgehead atoms. The number of phenols is 1. The maximum absolute atomic E-state index is 10.7. The van der Waals surface area contributed by atoms with E-state index in [2.05, 4.69) is 41.5 Å². The van der Waals surface area contributed by atoms with Crippen molar-refractivity contribution in [3.05, 3.63) is 28.8 Å². The molecule has 0 spiro atoms. The smallest absolute Gasteiger partial charge is 0.811 e. The molecular formula is C19H31NiO5P. The summed E-state index contributed by atoms with van der Waals surface area (Å²) in [4.78, 5) is 21.2. The zero-order chi connectivity index (χ0) is 19.5. The Kier molecular flexibility index (Phi) is 9.57. The number of rotatable bonds is 7. The molecule has 0 saturated heterocycles. The van der Waals surface area contributed by atoms with Crippen molar-refractivity contribution in [1.29, 1.82) is 0 Å². The molecule has 0 heterocycles. The number of hydrogen-bond donors (Lipinski definition) is 1. The average Bonchev–Trinajstić information content (AvgIpc) is 2.40. The van der Waals surface area contributed by atoms with Crippen LogP contribution in [0.5, 0.6) is 5.75 Å². The second kappa shape index (κ2) is 9.71. The molecule has 0 aliphatic rings. The molecule has 0 amide bonds. The van der Waals surface area contributed by atoms with Gasteiger partial charge in [-0.05, 0) is 58.7 Å². The van der Waals surface area contributed by atoms with E-state index in [0.717, 1.165) is 16.7 Å². The summed E-state index contributed by atoms with van der Waals surface area (Å²) in [6, 6.07) is 3.93. The van der Waals surface area contributed by atoms with Crippen LogP contribution in [0, 0.1) is 0 Å². The Labute approximate surface area is 167 Å². The molecule has 1 N–H and O–H groups in total. The van der Waals surface area contributed by atoms with Gasteiger partial charge in [0.2, 0.25) is 0 Å². The summed E-state index contributed by atoms with van der Waals surface area (Å²) in [5.74, 6) is 0.338. The number of unbranched alkanes of at least 4 members (excludes halogenated alkanes) is 1. The van der Waals surface area contributed by atoms with Crippen molar-refractivity contribution >= 4 is 7.60 Å². The summed E-state index contributed by atoms with van der Waals surface area (Å²) in [5.41, 5.74) is 2.37. The molecule has 0 saturated carbocycles. The fourth-order valence-electron chi connectivity index (χ4n) is 2.62. The molecular weight excluding hydrogens is 398 g/mol. The Bertz CT molecular complexity index is 591. The van der Waals surface area contributed by atoms with Crippen molar-refractivity contribution in [2.75, 3.05) is 12.8 Å². The predicted octanol–water partition coefficient (Wildman–Crippen LogP) is 3.20. The van der Waals surface area contributed by atoms with E-state index in [9.17, 15) is 19.5 Å². The third-order valence-electron chi connectivity index (χ3n) is 4.03. The number of ether oxygens (including phenoxy) is 1. The zero-order valence-corrected chi connectivity index (χ0v) is 18.4. The third-order valence-corrected chi connectivity index (χ3v) is 4.89. The van der Waals surface area contributed by atoms with Crippen LogP contribution in [0.3, 0.4) is 0 Å². The monoisotopic (exact) mass is 428 g/mol. The topological polar surface area (TPSA) is 92.7 Å². The fraction of sp³-hybridized carbons (Fsp3) is 0.684. The number of phenolic OH excluding ortho intramolecular Hbond substituents is 1. The van der Waals surface area contributed by atoms with Gasteiger partial charge in [-0.1, -0.05) is 49.1 Å². The van der Waals surface area contributed by atoms with Gasteiger partial charge < -0.3 is 24.2 Å². The van der Waals surface area contributed by atoms with Crippen molar-refractivity contribution in [2.45, 2.75) is 71.8 Å². The largest absolute Gasteiger partial charge is 2.00 e. The molecule has 0 fully saturated rings. The molecule has 0 unspecified atom stereocenters. The van der Waals surface area contributed by atoms with Crippen molar-refractivity contribution in [2.24, 2.45) is 0 Å². The maximum atomic E-state index is 10.7. The van der Waals surface area contributed by atoms with Crippen molar-refractivity contribution < 1.29 is 40.7 Å². The molecule has 1 aromatic carbocycles. The van der Waals surface area contributed by atoms with Crippen molar-refractivity contribution in [3.8, 4) is 5.75 Å². The molecule has 5 nitrogen and oxygen atoms in total. The number of aromatic hydroxyl groups is 1. The summed E-state index contributed by atoms with van der Waals surface area (Å²) in [7, 11) is -4.41. The third kappa shape index (κ3) is 8.54. The van der Waals surface area contributed by atoms with Crippen LogP contribution in [0.2, 0.25) is 0 Å². The Morgan fingerprint density at radius 3 is 1.85 bits per heavy atom. The second-order valence-corrected chi connectivity index (χ2v) is 10.3. The first-order valence-corrected chi connectivity index (χ1v) is 10.4. The fourth-order valence-corrected chi connectivity index (χ4v) is 3.23. The first-order valence-electron chi connectivity index (χ1n) is 8.67. The molecule has 0 aromatic heterocycles. The normalized spacial score (nSPS) is 12.8. The minimum absolute atomic E-state index is 0. The molecule has 26 heavy (non-hydrogen) atoms. The summed E-state index contributed by atoms with van der Waals surface area (Å²) < 4.78 is 16.2. The predicted molar refractivity (Wildman–Crippen MR) is 96.9 cm³/mol. The van der Waals surface area contributed by atoms with Crippen LogP contribution in [0.25, 0.3) is 0 Å². The quantitative estimate of drug-likeness (QED) is 0.409. The Hall–Kier alpha value is -0.376. The van der Waals surface area contributed by atoms with E-state index >= 15 is 0 Å². The SMILES string of the molecule is CC(C)(C)c1cc(COCCCCP(=O)([O-])[O-])cc(C(C)(C)C)c1O.[Ni+2]. The molecule has 152 valence electrons. The zero-order valence-electron chi connectivity index (χ0n) is 16.5. The Balaban J connectivity index is 0.00000625. The van der Waals surface area contributed by atoms with Crippen LogP contribution < -0.4 is 9.79 Å². The summed E-state index contributed by atoms with van der Waals surface area (Å²) in [6.07, 6.45) is 0.531. The van der Waals surface area contributed by atoms with Gasteiger partial charge in [0.15, 0.2) is 0 Å². The van der Waals surface area contributed by atoms with Crippen LogP contribution in [-0.4, -0.2) is 17.9 Å². The van der Waals surface area contributed by atoms with E-state index in [1.165, 1.54) is 0 Å². The number of benzene rings is 1. The Morgan fingerprint density at radius 2 is 1.46 bits per heavy atom. The minimum atomic E-state index is -4.41. The van der Waals surface area contributed by atoms with Crippen molar-refractivity contribution in [1.82, 2.24) is 0 Å². The molecule has 0 radical (unpaired) electrons. The summed E-state index contributed by atoms with van der Waals surface area (Å²) in [6.45, 7) is 13.1. The molecule has 7 heteroatoms. The van der Waals surface area contributed by atoms with Gasteiger partial charge in [0.05, 0.1) is 6.61 Å². The molecule has 0 aliphatic heterocycles. The van der Waals surface area contributed by atoms with Gasteiger partial charge in [-0.15, -0.1) is 0 Å². The maximum Gasteiger partial charge on any atom is 2.00 e. The number of hydrogen-bond acceptors (Lipinski definition) is 5. The molecule has 1 rings (SSSR count). The van der Waals surface area contributed by atoms with Gasteiger partial charge in [-0.3, -0.25) is 0 Å². The van der Waals surface area contributed by atoms with E-state index in [-0.39, 0.29) is 33.5 Å². The van der Waals surface area contributed by atoms with E-state index in [1.807, 2.05) is 12.1 Å². The first-order chi connectivity index (χ1) is 11.2. The van der Waals surface area contributed by atoms with Crippen LogP contribution in [0.15, 0.2) is 12.1 Å². The van der Waals surface area contributed by atoms with Crippen molar-refractivity contribution in [3.63, 3.8) is 0 Å². The Morgan fingerprint density at radius 1 is 1.00 bits per heavy atom. The minimum Gasteiger partial charge on any atom is -0.811 e. The molecule has 0 aliphatic carbocycles. The van der Waals surface area contributed by atoms with Crippen LogP contribution in [-0.2, 0) is 43.2 Å². The van der Waals surface area contributed by atoms with Crippen LogP contribution in [0.4, 0.5) is 0 Å². The van der Waals surface area contributed by atoms with Crippen LogP contribution in [0.1, 0.15) is 71.1 Å². The van der Waals surface area contributed by atoms with Gasteiger partial charge >= 0.3 is 16.5 Å². The van der Waals surface area contributed by atoms with E-state index < -0.39 is 7.60 Å². The first kappa shape index (κ1) is 25.6. The van der Waals surface area contributed by atoms with E-state index in [4.69, 9.17) is 4.74 Å². The molecule has 0 atom stereocenters. The van der Waals surface area contributed by atoms with E-state index in [0.29, 0.717) is 31.8 Å². The standard InChI is InChI=1S/C19H33O5P.Ni/c1-18(2,3)15-11-14(12-16(17(15)20)19(4,5)6)13-24-9-7-8-10-25(21,22)23;/h11-12,20H,7-10,13H2,1-6H3,(H2,21,22,23);/q;+2/p-2. The average molecular weight is 429 g/mol. The summed E-state index contributed by atoms with van der Waals surface area (Å²) in [5, 5.41) is 10.7. The second-order valence-electron chi connectivity index (χ2n) is 8.63.